The Morgan fingerprint density at radius 1 is 0.511 bits per heavy atom. The molecule has 0 bridgehead atoms. The molecule has 1 amide bonds. The summed E-state index contributed by atoms with van der Waals surface area (Å²) in [6.07, 6.45) is 51.2. The molecule has 1 rings (SSSR count). The molecule has 1 saturated heterocycles. The molecule has 0 radical (unpaired) electrons. The summed E-state index contributed by atoms with van der Waals surface area (Å²) < 4.78 is 5.95. The van der Waals surface area contributed by atoms with Gasteiger partial charge in [0.25, 0.3) is 0 Å². The van der Waals surface area contributed by atoms with Crippen molar-refractivity contribution in [3.05, 3.63) is 24.3 Å². The van der Waals surface area contributed by atoms with Gasteiger partial charge >= 0.3 is 0 Å². The quantitative estimate of drug-likeness (QED) is 0.0501. The van der Waals surface area contributed by atoms with E-state index >= 15 is 0 Å². The van der Waals surface area contributed by atoms with Crippen LogP contribution in [0.2, 0.25) is 0 Å². The minimum Gasteiger partial charge on any atom is -0.381 e. The smallest absolute Gasteiger partial charge is 0.222 e. The van der Waals surface area contributed by atoms with E-state index in [0.717, 1.165) is 45.1 Å². The summed E-state index contributed by atoms with van der Waals surface area (Å²) in [5.41, 5.74) is 0. The summed E-state index contributed by atoms with van der Waals surface area (Å²) in [4.78, 5) is 14.8. The topological polar surface area (TPSA) is 29.5 Å². The fourth-order valence-electron chi connectivity index (χ4n) is 7.00. The van der Waals surface area contributed by atoms with Crippen LogP contribution in [0.5, 0.6) is 0 Å². The first-order valence-electron chi connectivity index (χ1n) is 21.4. The second kappa shape index (κ2) is 36.2. The summed E-state index contributed by atoms with van der Waals surface area (Å²) >= 11 is 0. The maximum absolute atomic E-state index is 12.7. The van der Waals surface area contributed by atoms with Crippen LogP contribution in [0.15, 0.2) is 24.3 Å². The molecule has 0 spiro atoms. The van der Waals surface area contributed by atoms with E-state index in [-0.39, 0.29) is 0 Å². The maximum atomic E-state index is 12.7. The Kier molecular flexibility index (Phi) is 33.8. The molecule has 0 aromatic heterocycles. The zero-order valence-corrected chi connectivity index (χ0v) is 32.1. The van der Waals surface area contributed by atoms with Crippen LogP contribution in [0.1, 0.15) is 219 Å². The van der Waals surface area contributed by atoms with Gasteiger partial charge in [-0.3, -0.25) is 4.79 Å². The Hall–Kier alpha value is -1.09. The second-order valence-electron chi connectivity index (χ2n) is 14.9. The van der Waals surface area contributed by atoms with Crippen LogP contribution in [0.4, 0.5) is 0 Å². The van der Waals surface area contributed by atoms with Crippen molar-refractivity contribution in [3.8, 4) is 0 Å². The zero-order chi connectivity index (χ0) is 33.7. The second-order valence-corrected chi connectivity index (χ2v) is 14.9. The number of likely N-dealkylation sites (tertiary alicyclic amines) is 1. The molecule has 3 heteroatoms. The van der Waals surface area contributed by atoms with E-state index in [1.807, 2.05) is 0 Å². The number of piperidine rings is 1. The molecular formula is C44H83NO2. The molecule has 3 nitrogen and oxygen atoms in total. The molecule has 1 aliphatic heterocycles. The molecule has 0 saturated carbocycles. The van der Waals surface area contributed by atoms with Crippen molar-refractivity contribution < 1.29 is 9.53 Å². The van der Waals surface area contributed by atoms with Gasteiger partial charge in [0.2, 0.25) is 5.91 Å². The molecule has 276 valence electrons. The molecule has 0 N–H and O–H groups in total. The summed E-state index contributed by atoms with van der Waals surface area (Å²) in [5.74, 6) is 1.19. The molecule has 0 aromatic carbocycles. The third kappa shape index (κ3) is 30.7. The van der Waals surface area contributed by atoms with Crippen molar-refractivity contribution in [3.63, 3.8) is 0 Å². The zero-order valence-electron chi connectivity index (χ0n) is 32.1. The number of allylic oxidation sites excluding steroid dienone is 4. The normalized spacial score (nSPS) is 14.3. The minimum atomic E-state index is 0.403. The van der Waals surface area contributed by atoms with Gasteiger partial charge < -0.3 is 9.64 Å². The number of carbonyl (C=O) groups is 1. The van der Waals surface area contributed by atoms with Gasteiger partial charge in [-0.2, -0.15) is 0 Å². The highest BCUT2D eigenvalue weighted by atomic mass is 16.5. The molecule has 0 atom stereocenters. The third-order valence-electron chi connectivity index (χ3n) is 10.3. The molecule has 0 aliphatic carbocycles. The van der Waals surface area contributed by atoms with Gasteiger partial charge in [-0.15, -0.1) is 0 Å². The number of carbonyl (C=O) groups excluding carboxylic acids is 1. The fraction of sp³-hybridized carbons (Fsp3) is 0.886. The van der Waals surface area contributed by atoms with Crippen LogP contribution < -0.4 is 0 Å². The summed E-state index contributed by atoms with van der Waals surface area (Å²) in [5, 5.41) is 0. The first-order valence-corrected chi connectivity index (χ1v) is 21.4. The number of nitrogens with zero attached hydrogens (tertiary/aromatic N) is 1. The Morgan fingerprint density at radius 2 is 0.894 bits per heavy atom. The van der Waals surface area contributed by atoms with Gasteiger partial charge in [0, 0.05) is 32.7 Å². The van der Waals surface area contributed by atoms with Gasteiger partial charge in [0.15, 0.2) is 0 Å². The standard InChI is InChI=1S/C44H83NO2/c1-3-5-7-9-11-13-15-17-19-21-23-25-27-29-31-33-41-47-42-34-35-43-37-39-45(40-38-43)44(46)36-32-30-28-26-24-22-20-18-16-14-12-10-8-6-4-2/h17-20,43H,3-16,21-42H2,1-2H3/b19-17-,20-18-. The van der Waals surface area contributed by atoms with Crippen LogP contribution in [0.25, 0.3) is 0 Å². The number of hydrogen-bond donors (Lipinski definition) is 0. The van der Waals surface area contributed by atoms with Gasteiger partial charge in [-0.1, -0.05) is 147 Å². The molecule has 1 heterocycles. The van der Waals surface area contributed by atoms with Crippen LogP contribution in [-0.4, -0.2) is 37.1 Å². The lowest BCUT2D eigenvalue weighted by atomic mass is 9.92. The van der Waals surface area contributed by atoms with E-state index in [2.05, 4.69) is 43.1 Å². The van der Waals surface area contributed by atoms with Gasteiger partial charge in [-0.05, 0) is 95.8 Å². The summed E-state index contributed by atoms with van der Waals surface area (Å²) in [6.45, 7) is 8.38. The number of rotatable bonds is 35. The molecular weight excluding hydrogens is 574 g/mol. The van der Waals surface area contributed by atoms with Crippen LogP contribution in [0, 0.1) is 5.92 Å². The highest BCUT2D eigenvalue weighted by molar-refractivity contribution is 5.76. The first kappa shape index (κ1) is 43.9. The Balaban J connectivity index is 1.80. The average molecular weight is 658 g/mol. The molecule has 47 heavy (non-hydrogen) atoms. The van der Waals surface area contributed by atoms with Crippen molar-refractivity contribution in [2.75, 3.05) is 26.3 Å². The van der Waals surface area contributed by atoms with Crippen molar-refractivity contribution in [2.45, 2.75) is 219 Å². The largest absolute Gasteiger partial charge is 0.381 e. The predicted octanol–water partition coefficient (Wildman–Crippen LogP) is 14.1. The number of ether oxygens (including phenoxy) is 1. The van der Waals surface area contributed by atoms with Crippen LogP contribution in [0.3, 0.4) is 0 Å². The predicted molar refractivity (Wildman–Crippen MR) is 208 cm³/mol. The van der Waals surface area contributed by atoms with Crippen molar-refractivity contribution >= 4 is 5.91 Å². The van der Waals surface area contributed by atoms with E-state index in [4.69, 9.17) is 4.74 Å². The van der Waals surface area contributed by atoms with Crippen molar-refractivity contribution in [2.24, 2.45) is 5.92 Å². The SMILES string of the molecule is CCCCCCCC/C=C\CCCCCCCCOCCCC1CCN(C(=O)CCCCCCC/C=C\CCCCCCCC)CC1. The van der Waals surface area contributed by atoms with Crippen LogP contribution in [-0.2, 0) is 9.53 Å². The minimum absolute atomic E-state index is 0.403. The lowest BCUT2D eigenvalue weighted by molar-refractivity contribution is -0.132. The number of unbranched alkanes of at least 4 members (excludes halogenated alkanes) is 23. The Bertz CT molecular complexity index is 693. The van der Waals surface area contributed by atoms with Gasteiger partial charge in [-0.25, -0.2) is 0 Å². The highest BCUT2D eigenvalue weighted by Crippen LogP contribution is 2.23. The van der Waals surface area contributed by atoms with Crippen molar-refractivity contribution in [1.29, 1.82) is 0 Å². The van der Waals surface area contributed by atoms with E-state index in [1.54, 1.807) is 0 Å². The number of amides is 1. The molecule has 1 aliphatic rings. The molecule has 0 aromatic rings. The highest BCUT2D eigenvalue weighted by Gasteiger charge is 2.22. The number of hydrogen-bond acceptors (Lipinski definition) is 2. The lowest BCUT2D eigenvalue weighted by Gasteiger charge is -2.32. The van der Waals surface area contributed by atoms with Gasteiger partial charge in [0.1, 0.15) is 0 Å². The maximum Gasteiger partial charge on any atom is 0.222 e. The van der Waals surface area contributed by atoms with E-state index in [0.29, 0.717) is 5.91 Å². The van der Waals surface area contributed by atoms with Crippen molar-refractivity contribution in [1.82, 2.24) is 4.90 Å². The third-order valence-corrected chi connectivity index (χ3v) is 10.3. The van der Waals surface area contributed by atoms with E-state index < -0.39 is 0 Å². The van der Waals surface area contributed by atoms with E-state index in [1.165, 1.54) is 193 Å². The summed E-state index contributed by atoms with van der Waals surface area (Å²) in [7, 11) is 0. The summed E-state index contributed by atoms with van der Waals surface area (Å²) in [6, 6.07) is 0. The lowest BCUT2D eigenvalue weighted by Crippen LogP contribution is -2.38. The average Bonchev–Trinajstić information content (AvgIpc) is 3.09. The van der Waals surface area contributed by atoms with Gasteiger partial charge in [0.05, 0.1) is 0 Å². The first-order chi connectivity index (χ1) is 23.3. The molecule has 0 unspecified atom stereocenters. The Morgan fingerprint density at radius 3 is 1.36 bits per heavy atom. The Labute approximate surface area is 295 Å². The van der Waals surface area contributed by atoms with E-state index in [9.17, 15) is 4.79 Å². The monoisotopic (exact) mass is 658 g/mol. The fourth-order valence-corrected chi connectivity index (χ4v) is 7.00. The van der Waals surface area contributed by atoms with Crippen LogP contribution >= 0.6 is 0 Å². The molecule has 1 fully saturated rings.